The van der Waals surface area contributed by atoms with Gasteiger partial charge in [-0.15, -0.1) is 0 Å². The number of aromatic nitrogens is 3. The van der Waals surface area contributed by atoms with Gasteiger partial charge in [0.25, 0.3) is 0 Å². The zero-order valence-electron chi connectivity index (χ0n) is 10.2. The first kappa shape index (κ1) is 10.9. The number of benzene rings is 1. The van der Waals surface area contributed by atoms with Crippen molar-refractivity contribution in [3.05, 3.63) is 54.5 Å². The Bertz CT molecular complexity index is 672. The summed E-state index contributed by atoms with van der Waals surface area (Å²) < 4.78 is 1.96. The number of nitrogens with one attached hydrogen (secondary N) is 1. The maximum atomic E-state index is 4.47. The fourth-order valence-corrected chi connectivity index (χ4v) is 2.12. The Balaban J connectivity index is 2.20. The van der Waals surface area contributed by atoms with Crippen molar-refractivity contribution in [1.29, 1.82) is 0 Å². The molecular formula is C14H14N4. The van der Waals surface area contributed by atoms with Crippen LogP contribution in [0.15, 0.2) is 48.9 Å². The minimum atomic E-state index is 0.775. The van der Waals surface area contributed by atoms with Gasteiger partial charge >= 0.3 is 0 Å². The van der Waals surface area contributed by atoms with Crippen molar-refractivity contribution in [1.82, 2.24) is 20.1 Å². The van der Waals surface area contributed by atoms with Crippen LogP contribution in [0.5, 0.6) is 0 Å². The van der Waals surface area contributed by atoms with Gasteiger partial charge in [-0.2, -0.15) is 5.10 Å². The molecule has 0 radical (unpaired) electrons. The van der Waals surface area contributed by atoms with Gasteiger partial charge in [0, 0.05) is 29.9 Å². The van der Waals surface area contributed by atoms with E-state index < -0.39 is 0 Å². The second kappa shape index (κ2) is 4.58. The van der Waals surface area contributed by atoms with Crippen molar-refractivity contribution in [2.75, 3.05) is 7.05 Å². The Morgan fingerprint density at radius 3 is 2.94 bits per heavy atom. The van der Waals surface area contributed by atoms with E-state index in [4.69, 9.17) is 0 Å². The second-order valence-electron chi connectivity index (χ2n) is 4.15. The Kier molecular flexibility index (Phi) is 2.78. The first-order chi connectivity index (χ1) is 8.90. The molecule has 0 aliphatic rings. The highest BCUT2D eigenvalue weighted by atomic mass is 15.3. The largest absolute Gasteiger partial charge is 0.316 e. The van der Waals surface area contributed by atoms with Gasteiger partial charge < -0.3 is 5.32 Å². The summed E-state index contributed by atoms with van der Waals surface area (Å²) >= 11 is 0. The van der Waals surface area contributed by atoms with Gasteiger partial charge in [0.05, 0.1) is 17.4 Å². The standard InChI is InChI=1S/C14H14N4/c1-15-8-12-9-16-7-6-14(12)18-13-5-3-2-4-11(13)10-17-18/h2-7,9-10,15H,8H2,1H3. The maximum absolute atomic E-state index is 4.47. The number of nitrogens with zero attached hydrogens (tertiary/aromatic N) is 3. The molecule has 2 heterocycles. The summed E-state index contributed by atoms with van der Waals surface area (Å²) in [6, 6.07) is 10.2. The maximum Gasteiger partial charge on any atom is 0.0741 e. The van der Waals surface area contributed by atoms with Crippen molar-refractivity contribution in [2.24, 2.45) is 0 Å². The van der Waals surface area contributed by atoms with Gasteiger partial charge in [-0.25, -0.2) is 4.68 Å². The molecule has 0 aliphatic carbocycles. The molecule has 0 aliphatic heterocycles. The minimum Gasteiger partial charge on any atom is -0.316 e. The van der Waals surface area contributed by atoms with Crippen LogP contribution >= 0.6 is 0 Å². The highest BCUT2D eigenvalue weighted by Gasteiger charge is 2.08. The molecular weight excluding hydrogens is 224 g/mol. The van der Waals surface area contributed by atoms with E-state index in [2.05, 4.69) is 27.5 Å². The van der Waals surface area contributed by atoms with Crippen LogP contribution in [0, 0.1) is 0 Å². The van der Waals surface area contributed by atoms with Crippen molar-refractivity contribution in [2.45, 2.75) is 6.54 Å². The smallest absolute Gasteiger partial charge is 0.0741 e. The van der Waals surface area contributed by atoms with E-state index in [9.17, 15) is 0 Å². The van der Waals surface area contributed by atoms with Crippen LogP contribution in [0.3, 0.4) is 0 Å². The normalized spacial score (nSPS) is 10.9. The molecule has 0 saturated heterocycles. The lowest BCUT2D eigenvalue weighted by atomic mass is 10.2. The van der Waals surface area contributed by atoms with E-state index in [1.807, 2.05) is 42.3 Å². The summed E-state index contributed by atoms with van der Waals surface area (Å²) in [4.78, 5) is 4.17. The van der Waals surface area contributed by atoms with E-state index >= 15 is 0 Å². The van der Waals surface area contributed by atoms with Crippen molar-refractivity contribution < 1.29 is 0 Å². The lowest BCUT2D eigenvalue weighted by molar-refractivity contribution is 0.790. The van der Waals surface area contributed by atoms with Crippen molar-refractivity contribution >= 4 is 10.9 Å². The van der Waals surface area contributed by atoms with Crippen LogP contribution in [0.2, 0.25) is 0 Å². The SMILES string of the molecule is CNCc1cnccc1-n1ncc2ccccc21. The molecule has 0 bridgehead atoms. The van der Waals surface area contributed by atoms with Crippen LogP contribution < -0.4 is 5.32 Å². The predicted octanol–water partition coefficient (Wildman–Crippen LogP) is 2.14. The fourth-order valence-electron chi connectivity index (χ4n) is 2.12. The molecule has 4 nitrogen and oxygen atoms in total. The van der Waals surface area contributed by atoms with E-state index in [1.165, 1.54) is 0 Å². The lowest BCUT2D eigenvalue weighted by Crippen LogP contribution is -2.10. The number of fused-ring (bicyclic) bond motifs is 1. The van der Waals surface area contributed by atoms with Crippen molar-refractivity contribution in [3.8, 4) is 5.69 Å². The molecule has 1 N–H and O–H groups in total. The number of pyridine rings is 1. The molecule has 0 saturated carbocycles. The number of hydrogen-bond acceptors (Lipinski definition) is 3. The van der Waals surface area contributed by atoms with Gasteiger partial charge in [0.15, 0.2) is 0 Å². The summed E-state index contributed by atoms with van der Waals surface area (Å²) in [6.45, 7) is 0.775. The molecule has 3 rings (SSSR count). The Morgan fingerprint density at radius 1 is 1.17 bits per heavy atom. The van der Waals surface area contributed by atoms with Crippen LogP contribution in [-0.2, 0) is 6.54 Å². The Morgan fingerprint density at radius 2 is 2.06 bits per heavy atom. The van der Waals surface area contributed by atoms with Crippen LogP contribution in [-0.4, -0.2) is 21.8 Å². The monoisotopic (exact) mass is 238 g/mol. The number of rotatable bonds is 3. The highest BCUT2D eigenvalue weighted by Crippen LogP contribution is 2.20. The fraction of sp³-hybridized carbons (Fsp3) is 0.143. The first-order valence-corrected chi connectivity index (χ1v) is 5.91. The summed E-state index contributed by atoms with van der Waals surface area (Å²) in [5.74, 6) is 0. The van der Waals surface area contributed by atoms with E-state index in [1.54, 1.807) is 6.20 Å². The molecule has 3 aromatic rings. The van der Waals surface area contributed by atoms with E-state index in [-0.39, 0.29) is 0 Å². The molecule has 0 unspecified atom stereocenters. The molecule has 0 atom stereocenters. The average Bonchev–Trinajstić information content (AvgIpc) is 2.84. The van der Waals surface area contributed by atoms with E-state index in [0.29, 0.717) is 0 Å². The molecule has 18 heavy (non-hydrogen) atoms. The zero-order valence-corrected chi connectivity index (χ0v) is 10.2. The third-order valence-corrected chi connectivity index (χ3v) is 2.95. The predicted molar refractivity (Wildman–Crippen MR) is 71.6 cm³/mol. The minimum absolute atomic E-state index is 0.775. The molecule has 2 aromatic heterocycles. The highest BCUT2D eigenvalue weighted by molar-refractivity contribution is 5.80. The van der Waals surface area contributed by atoms with Crippen LogP contribution in [0.4, 0.5) is 0 Å². The van der Waals surface area contributed by atoms with Gasteiger partial charge in [-0.1, -0.05) is 18.2 Å². The molecule has 4 heteroatoms. The third-order valence-electron chi connectivity index (χ3n) is 2.95. The molecule has 90 valence electrons. The second-order valence-corrected chi connectivity index (χ2v) is 4.15. The van der Waals surface area contributed by atoms with Gasteiger partial charge in [-0.3, -0.25) is 4.98 Å². The summed E-state index contributed by atoms with van der Waals surface area (Å²) in [6.07, 6.45) is 5.56. The van der Waals surface area contributed by atoms with Crippen LogP contribution in [0.25, 0.3) is 16.6 Å². The molecule has 0 fully saturated rings. The topological polar surface area (TPSA) is 42.7 Å². The Labute approximate surface area is 105 Å². The van der Waals surface area contributed by atoms with Gasteiger partial charge in [-0.05, 0) is 19.2 Å². The zero-order chi connectivity index (χ0) is 12.4. The molecule has 0 amide bonds. The van der Waals surface area contributed by atoms with Crippen molar-refractivity contribution in [3.63, 3.8) is 0 Å². The lowest BCUT2D eigenvalue weighted by Gasteiger charge is -2.09. The number of para-hydroxylation sites is 1. The summed E-state index contributed by atoms with van der Waals surface area (Å²) in [7, 11) is 1.93. The third kappa shape index (κ3) is 1.76. The number of hydrogen-bond donors (Lipinski definition) is 1. The quantitative estimate of drug-likeness (QED) is 0.760. The summed E-state index contributed by atoms with van der Waals surface area (Å²) in [5.41, 5.74) is 3.32. The first-order valence-electron chi connectivity index (χ1n) is 5.91. The Hall–Kier alpha value is -2.20. The summed E-state index contributed by atoms with van der Waals surface area (Å²) in [5, 5.41) is 8.77. The average molecular weight is 238 g/mol. The van der Waals surface area contributed by atoms with Gasteiger partial charge in [0.1, 0.15) is 0 Å². The van der Waals surface area contributed by atoms with Crippen LogP contribution in [0.1, 0.15) is 5.56 Å². The van der Waals surface area contributed by atoms with Gasteiger partial charge in [0.2, 0.25) is 0 Å². The molecule has 0 spiro atoms. The molecule has 1 aromatic carbocycles. The van der Waals surface area contributed by atoms with E-state index in [0.717, 1.165) is 28.7 Å².